The van der Waals surface area contributed by atoms with E-state index in [0.29, 0.717) is 11.8 Å². The highest BCUT2D eigenvalue weighted by Crippen LogP contribution is 2.28. The highest BCUT2D eigenvalue weighted by Gasteiger charge is 2.41. The average Bonchev–Trinajstić information content (AvgIpc) is 2.41. The van der Waals surface area contributed by atoms with Crippen LogP contribution in [0.15, 0.2) is 0 Å². The number of alkyl halides is 1. The van der Waals surface area contributed by atoms with Crippen LogP contribution in [0.25, 0.3) is 0 Å². The van der Waals surface area contributed by atoms with Gasteiger partial charge in [0, 0.05) is 6.54 Å². The monoisotopic (exact) mass is 251 g/mol. The zero-order chi connectivity index (χ0) is 7.14. The lowest BCUT2D eigenvalue weighted by Crippen LogP contribution is -2.25. The largest absolute Gasteiger partial charge is 0.297 e. The fraction of sp³-hybridized carbons (Fsp3) is 0.857. The maximum Gasteiger partial charge on any atom is 0.164 e. The number of fused-ring (bicyclic) bond motifs is 1. The highest BCUT2D eigenvalue weighted by molar-refractivity contribution is 14.1. The Hall–Kier alpha value is 0.360. The van der Waals surface area contributed by atoms with Gasteiger partial charge in [-0.1, -0.05) is 22.6 Å². The summed E-state index contributed by atoms with van der Waals surface area (Å²) in [6.07, 6.45) is 2.33. The third kappa shape index (κ3) is 0.906. The van der Waals surface area contributed by atoms with Crippen LogP contribution in [-0.2, 0) is 4.79 Å². The molecule has 2 nitrogen and oxygen atoms in total. The lowest BCUT2D eigenvalue weighted by molar-refractivity contribution is -0.118. The summed E-state index contributed by atoms with van der Waals surface area (Å²) in [5.74, 6) is 0.470. The maximum atomic E-state index is 11.3. The van der Waals surface area contributed by atoms with Crippen molar-refractivity contribution in [2.24, 2.45) is 0 Å². The molecule has 2 saturated heterocycles. The summed E-state index contributed by atoms with van der Waals surface area (Å²) in [4.78, 5) is 13.7. The fourth-order valence-electron chi connectivity index (χ4n) is 1.87. The van der Waals surface area contributed by atoms with E-state index in [1.165, 1.54) is 6.42 Å². The summed E-state index contributed by atoms with van der Waals surface area (Å²) < 4.78 is 0.280. The Balaban J connectivity index is 2.17. The molecule has 2 aliphatic rings. The number of carbonyl (C=O) groups excluding carboxylic acids is 1. The smallest absolute Gasteiger partial charge is 0.164 e. The summed E-state index contributed by atoms with van der Waals surface area (Å²) >= 11 is 2.25. The molecule has 0 aromatic heterocycles. The molecule has 2 atom stereocenters. The molecule has 0 spiro atoms. The molecule has 2 heterocycles. The minimum absolute atomic E-state index is 0.280. The van der Waals surface area contributed by atoms with Crippen LogP contribution in [0.3, 0.4) is 0 Å². The number of hydrogen-bond donors (Lipinski definition) is 0. The van der Waals surface area contributed by atoms with Gasteiger partial charge in [-0.2, -0.15) is 0 Å². The second-order valence-electron chi connectivity index (χ2n) is 3.02. The van der Waals surface area contributed by atoms with Crippen molar-refractivity contribution in [1.29, 1.82) is 0 Å². The number of carbonyl (C=O) groups is 1. The van der Waals surface area contributed by atoms with Gasteiger partial charge in [0.25, 0.3) is 0 Å². The Kier molecular flexibility index (Phi) is 1.72. The van der Waals surface area contributed by atoms with Crippen LogP contribution in [0.4, 0.5) is 0 Å². The topological polar surface area (TPSA) is 20.3 Å². The van der Waals surface area contributed by atoms with Crippen LogP contribution in [0, 0.1) is 0 Å². The minimum atomic E-state index is 0.280. The standard InChI is InChI=1S/C7H10INO/c8-5-4-9-3-1-2-6(9)7(5)10/h5-6H,1-4H2. The lowest BCUT2D eigenvalue weighted by atomic mass is 10.1. The molecular formula is C7H10INO. The Bertz CT molecular complexity index is 171. The zero-order valence-corrected chi connectivity index (χ0v) is 7.87. The minimum Gasteiger partial charge on any atom is -0.297 e. The van der Waals surface area contributed by atoms with Crippen LogP contribution >= 0.6 is 22.6 Å². The molecule has 0 aromatic rings. The van der Waals surface area contributed by atoms with Crippen LogP contribution in [0.2, 0.25) is 0 Å². The number of rotatable bonds is 0. The molecule has 0 amide bonds. The second kappa shape index (κ2) is 2.44. The summed E-state index contributed by atoms with van der Waals surface area (Å²) in [6, 6.07) is 0.307. The van der Waals surface area contributed by atoms with E-state index in [9.17, 15) is 4.79 Å². The number of nitrogens with zero attached hydrogens (tertiary/aromatic N) is 1. The van der Waals surface area contributed by atoms with E-state index < -0.39 is 0 Å². The molecule has 0 radical (unpaired) electrons. The van der Waals surface area contributed by atoms with Gasteiger partial charge < -0.3 is 0 Å². The second-order valence-corrected chi connectivity index (χ2v) is 4.53. The first kappa shape index (κ1) is 7.03. The third-order valence-corrected chi connectivity index (χ3v) is 3.40. The fourth-order valence-corrected chi connectivity index (χ4v) is 2.79. The van der Waals surface area contributed by atoms with E-state index in [4.69, 9.17) is 0 Å². The van der Waals surface area contributed by atoms with Gasteiger partial charge in [-0.15, -0.1) is 0 Å². The number of halogens is 1. The van der Waals surface area contributed by atoms with Crippen LogP contribution < -0.4 is 0 Å². The molecule has 10 heavy (non-hydrogen) atoms. The Morgan fingerprint density at radius 3 is 3.10 bits per heavy atom. The summed E-state index contributed by atoms with van der Waals surface area (Å²) in [6.45, 7) is 2.15. The first-order chi connectivity index (χ1) is 4.79. The first-order valence-corrected chi connectivity index (χ1v) is 4.95. The SMILES string of the molecule is O=C1C(I)CN2CCCC12. The van der Waals surface area contributed by atoms with Gasteiger partial charge in [-0.3, -0.25) is 9.69 Å². The van der Waals surface area contributed by atoms with E-state index >= 15 is 0 Å². The predicted molar refractivity (Wildman–Crippen MR) is 47.4 cm³/mol. The zero-order valence-electron chi connectivity index (χ0n) is 5.72. The van der Waals surface area contributed by atoms with Gasteiger partial charge in [0.1, 0.15) is 0 Å². The van der Waals surface area contributed by atoms with Crippen LogP contribution in [0.5, 0.6) is 0 Å². The normalized spacial score (nSPS) is 40.7. The average molecular weight is 251 g/mol. The third-order valence-electron chi connectivity index (χ3n) is 2.40. The Morgan fingerprint density at radius 1 is 1.60 bits per heavy atom. The van der Waals surface area contributed by atoms with E-state index in [0.717, 1.165) is 19.5 Å². The number of hydrogen-bond acceptors (Lipinski definition) is 2. The van der Waals surface area contributed by atoms with Gasteiger partial charge in [0.15, 0.2) is 5.78 Å². The molecule has 56 valence electrons. The predicted octanol–water partition coefficient (Wildman–Crippen LogP) is 0.837. The molecule has 0 aliphatic carbocycles. The van der Waals surface area contributed by atoms with Gasteiger partial charge in [0.05, 0.1) is 9.97 Å². The molecule has 2 aliphatic heterocycles. The van der Waals surface area contributed by atoms with Crippen molar-refractivity contribution in [2.75, 3.05) is 13.1 Å². The van der Waals surface area contributed by atoms with Gasteiger partial charge >= 0.3 is 0 Å². The number of Topliss-reactive ketones (excluding diaryl/α,β-unsaturated/α-hetero) is 1. The lowest BCUT2D eigenvalue weighted by Gasteiger charge is -2.10. The van der Waals surface area contributed by atoms with Crippen LogP contribution in [-0.4, -0.2) is 33.7 Å². The molecule has 3 heteroatoms. The molecule has 2 fully saturated rings. The van der Waals surface area contributed by atoms with Gasteiger partial charge in [-0.05, 0) is 19.4 Å². The molecule has 2 rings (SSSR count). The summed E-state index contributed by atoms with van der Waals surface area (Å²) in [7, 11) is 0. The first-order valence-electron chi connectivity index (χ1n) is 3.71. The van der Waals surface area contributed by atoms with Crippen molar-refractivity contribution in [3.05, 3.63) is 0 Å². The summed E-state index contributed by atoms with van der Waals surface area (Å²) in [5, 5.41) is 0. The molecule has 0 bridgehead atoms. The van der Waals surface area contributed by atoms with Crippen molar-refractivity contribution in [3.8, 4) is 0 Å². The van der Waals surface area contributed by atoms with Crippen molar-refractivity contribution in [1.82, 2.24) is 4.90 Å². The van der Waals surface area contributed by atoms with Gasteiger partial charge in [-0.25, -0.2) is 0 Å². The quantitative estimate of drug-likeness (QED) is 0.469. The van der Waals surface area contributed by atoms with Crippen LogP contribution in [0.1, 0.15) is 12.8 Å². The van der Waals surface area contributed by atoms with Crippen molar-refractivity contribution in [2.45, 2.75) is 22.8 Å². The van der Waals surface area contributed by atoms with E-state index in [1.54, 1.807) is 0 Å². The van der Waals surface area contributed by atoms with Crippen molar-refractivity contribution >= 4 is 28.4 Å². The maximum absolute atomic E-state index is 11.3. The van der Waals surface area contributed by atoms with Crippen molar-refractivity contribution in [3.63, 3.8) is 0 Å². The van der Waals surface area contributed by atoms with E-state index in [2.05, 4.69) is 27.5 Å². The molecular weight excluding hydrogens is 241 g/mol. The van der Waals surface area contributed by atoms with E-state index in [-0.39, 0.29) is 3.92 Å². The molecule has 0 N–H and O–H groups in total. The summed E-state index contributed by atoms with van der Waals surface area (Å²) in [5.41, 5.74) is 0. The highest BCUT2D eigenvalue weighted by atomic mass is 127. The van der Waals surface area contributed by atoms with Crippen molar-refractivity contribution < 1.29 is 4.79 Å². The molecule has 0 saturated carbocycles. The molecule has 2 unspecified atom stereocenters. The molecule has 0 aromatic carbocycles. The Morgan fingerprint density at radius 2 is 2.40 bits per heavy atom. The Labute approximate surface area is 74.1 Å². The number of ketones is 1. The van der Waals surface area contributed by atoms with E-state index in [1.807, 2.05) is 0 Å². The van der Waals surface area contributed by atoms with Gasteiger partial charge in [0.2, 0.25) is 0 Å².